The molecule has 0 aromatic heterocycles. The van der Waals surface area contributed by atoms with Crippen LogP contribution in [-0.4, -0.2) is 26.3 Å². The Kier molecular flexibility index (Phi) is 4.55. The Morgan fingerprint density at radius 1 is 1.20 bits per heavy atom. The molecule has 1 fully saturated rings. The highest BCUT2D eigenvalue weighted by Gasteiger charge is 2.32. The van der Waals surface area contributed by atoms with E-state index in [0.717, 1.165) is 25.7 Å². The summed E-state index contributed by atoms with van der Waals surface area (Å²) in [5.74, 6) is 0.134. The molecule has 3 N–H and O–H groups in total. The third-order valence-electron chi connectivity index (χ3n) is 3.20. The monoisotopic (exact) mass is 234 g/mol. The summed E-state index contributed by atoms with van der Waals surface area (Å²) in [7, 11) is -3.14. The van der Waals surface area contributed by atoms with Crippen LogP contribution in [-0.2, 0) is 10.0 Å². The first-order valence-electron chi connectivity index (χ1n) is 5.75. The standard InChI is InChI=1S/C10H22N2O2S/c1-2-15(13,14)12-10(9-11)7-5-3-4-6-8-10/h12H,2-9,11H2,1H3. The van der Waals surface area contributed by atoms with Crippen LogP contribution in [0.2, 0.25) is 0 Å². The van der Waals surface area contributed by atoms with Crippen molar-refractivity contribution in [2.45, 2.75) is 51.0 Å². The molecule has 0 aliphatic heterocycles. The van der Waals surface area contributed by atoms with Gasteiger partial charge in [-0.1, -0.05) is 25.7 Å². The van der Waals surface area contributed by atoms with Crippen molar-refractivity contribution in [3.63, 3.8) is 0 Å². The van der Waals surface area contributed by atoms with Crippen molar-refractivity contribution in [2.75, 3.05) is 12.3 Å². The van der Waals surface area contributed by atoms with E-state index >= 15 is 0 Å². The second-order valence-electron chi connectivity index (χ2n) is 4.40. The minimum Gasteiger partial charge on any atom is -0.329 e. The van der Waals surface area contributed by atoms with E-state index in [-0.39, 0.29) is 11.3 Å². The van der Waals surface area contributed by atoms with E-state index < -0.39 is 10.0 Å². The largest absolute Gasteiger partial charge is 0.329 e. The fourth-order valence-electron chi connectivity index (χ4n) is 2.16. The maximum absolute atomic E-state index is 11.6. The molecule has 0 saturated heterocycles. The van der Waals surface area contributed by atoms with Gasteiger partial charge in [0.1, 0.15) is 0 Å². The fraction of sp³-hybridized carbons (Fsp3) is 1.00. The molecule has 1 rings (SSSR count). The second kappa shape index (κ2) is 5.27. The van der Waals surface area contributed by atoms with Crippen LogP contribution in [0.15, 0.2) is 0 Å². The Labute approximate surface area is 92.7 Å². The minimum atomic E-state index is -3.14. The summed E-state index contributed by atoms with van der Waals surface area (Å²) in [6.45, 7) is 2.06. The average molecular weight is 234 g/mol. The van der Waals surface area contributed by atoms with Crippen LogP contribution < -0.4 is 10.5 Å². The SMILES string of the molecule is CCS(=O)(=O)NC1(CN)CCCCCC1. The van der Waals surface area contributed by atoms with Crippen molar-refractivity contribution in [2.24, 2.45) is 5.73 Å². The maximum Gasteiger partial charge on any atom is 0.211 e. The summed E-state index contributed by atoms with van der Waals surface area (Å²) < 4.78 is 25.9. The number of nitrogens with two attached hydrogens (primary N) is 1. The Morgan fingerprint density at radius 3 is 2.13 bits per heavy atom. The molecule has 0 aromatic rings. The van der Waals surface area contributed by atoms with Gasteiger partial charge in [-0.2, -0.15) is 0 Å². The van der Waals surface area contributed by atoms with Gasteiger partial charge in [-0.05, 0) is 19.8 Å². The van der Waals surface area contributed by atoms with Crippen molar-refractivity contribution in [3.8, 4) is 0 Å². The first-order valence-corrected chi connectivity index (χ1v) is 7.40. The summed E-state index contributed by atoms with van der Waals surface area (Å²) in [5.41, 5.74) is 5.37. The zero-order chi connectivity index (χ0) is 11.4. The van der Waals surface area contributed by atoms with Crippen LogP contribution in [0.25, 0.3) is 0 Å². The Hall–Kier alpha value is -0.130. The van der Waals surface area contributed by atoms with Crippen LogP contribution in [0.5, 0.6) is 0 Å². The Morgan fingerprint density at radius 2 is 1.73 bits per heavy atom. The molecule has 1 saturated carbocycles. The molecule has 0 spiro atoms. The molecule has 15 heavy (non-hydrogen) atoms. The topological polar surface area (TPSA) is 72.2 Å². The van der Waals surface area contributed by atoms with Crippen LogP contribution >= 0.6 is 0 Å². The van der Waals surface area contributed by atoms with Crippen LogP contribution in [0.3, 0.4) is 0 Å². The fourth-order valence-corrected chi connectivity index (χ4v) is 3.25. The zero-order valence-corrected chi connectivity index (χ0v) is 10.3. The van der Waals surface area contributed by atoms with Crippen LogP contribution in [0.4, 0.5) is 0 Å². The van der Waals surface area contributed by atoms with Gasteiger partial charge < -0.3 is 5.73 Å². The summed E-state index contributed by atoms with van der Waals surface area (Å²) in [5, 5.41) is 0. The van der Waals surface area contributed by atoms with E-state index in [2.05, 4.69) is 4.72 Å². The number of nitrogens with one attached hydrogen (secondary N) is 1. The molecule has 5 heteroatoms. The van der Waals surface area contributed by atoms with E-state index in [4.69, 9.17) is 5.73 Å². The maximum atomic E-state index is 11.6. The summed E-state index contributed by atoms with van der Waals surface area (Å²) in [6.07, 6.45) is 6.28. The number of hydrogen-bond acceptors (Lipinski definition) is 3. The van der Waals surface area contributed by atoms with Gasteiger partial charge in [0, 0.05) is 12.1 Å². The molecule has 0 radical (unpaired) electrons. The van der Waals surface area contributed by atoms with Gasteiger partial charge in [-0.3, -0.25) is 0 Å². The zero-order valence-electron chi connectivity index (χ0n) is 9.46. The number of rotatable bonds is 4. The lowest BCUT2D eigenvalue weighted by Gasteiger charge is -2.32. The third kappa shape index (κ3) is 3.74. The summed E-state index contributed by atoms with van der Waals surface area (Å²) >= 11 is 0. The Balaban J connectivity index is 2.74. The van der Waals surface area contributed by atoms with Gasteiger partial charge in [0.05, 0.1) is 5.75 Å². The highest BCUT2D eigenvalue weighted by Crippen LogP contribution is 2.26. The van der Waals surface area contributed by atoms with Gasteiger partial charge in [0.15, 0.2) is 0 Å². The van der Waals surface area contributed by atoms with Crippen molar-refractivity contribution in [1.82, 2.24) is 4.72 Å². The first-order chi connectivity index (χ1) is 7.04. The van der Waals surface area contributed by atoms with Crippen molar-refractivity contribution >= 4 is 10.0 Å². The van der Waals surface area contributed by atoms with E-state index in [1.165, 1.54) is 12.8 Å². The molecule has 0 unspecified atom stereocenters. The van der Waals surface area contributed by atoms with E-state index in [9.17, 15) is 8.42 Å². The van der Waals surface area contributed by atoms with Crippen molar-refractivity contribution in [1.29, 1.82) is 0 Å². The lowest BCUT2D eigenvalue weighted by Crippen LogP contribution is -2.53. The van der Waals surface area contributed by atoms with Gasteiger partial charge >= 0.3 is 0 Å². The molecule has 0 heterocycles. The lowest BCUT2D eigenvalue weighted by molar-refractivity contribution is 0.343. The molecule has 1 aliphatic carbocycles. The van der Waals surface area contributed by atoms with E-state index in [0.29, 0.717) is 6.54 Å². The smallest absolute Gasteiger partial charge is 0.211 e. The van der Waals surface area contributed by atoms with Crippen LogP contribution in [0.1, 0.15) is 45.4 Å². The molecule has 0 amide bonds. The molecular formula is C10H22N2O2S. The molecular weight excluding hydrogens is 212 g/mol. The first kappa shape index (κ1) is 12.9. The van der Waals surface area contributed by atoms with E-state index in [1.807, 2.05) is 0 Å². The lowest BCUT2D eigenvalue weighted by atomic mass is 9.92. The quantitative estimate of drug-likeness (QED) is 0.712. The van der Waals surface area contributed by atoms with Gasteiger partial charge in [0.25, 0.3) is 0 Å². The van der Waals surface area contributed by atoms with Crippen molar-refractivity contribution in [3.05, 3.63) is 0 Å². The van der Waals surface area contributed by atoms with Gasteiger partial charge in [-0.15, -0.1) is 0 Å². The Bertz CT molecular complexity index is 280. The highest BCUT2D eigenvalue weighted by atomic mass is 32.2. The third-order valence-corrected chi connectivity index (χ3v) is 4.71. The van der Waals surface area contributed by atoms with Gasteiger partial charge in [0.2, 0.25) is 10.0 Å². The molecule has 0 bridgehead atoms. The summed E-state index contributed by atoms with van der Waals surface area (Å²) in [6, 6.07) is 0. The summed E-state index contributed by atoms with van der Waals surface area (Å²) in [4.78, 5) is 0. The predicted molar refractivity (Wildman–Crippen MR) is 62.1 cm³/mol. The van der Waals surface area contributed by atoms with Crippen LogP contribution in [0, 0.1) is 0 Å². The second-order valence-corrected chi connectivity index (χ2v) is 6.42. The predicted octanol–water partition coefficient (Wildman–Crippen LogP) is 0.977. The molecule has 4 nitrogen and oxygen atoms in total. The average Bonchev–Trinajstić information content (AvgIpc) is 2.44. The molecule has 0 aromatic carbocycles. The number of hydrogen-bond donors (Lipinski definition) is 2. The highest BCUT2D eigenvalue weighted by molar-refractivity contribution is 7.89. The molecule has 1 aliphatic rings. The van der Waals surface area contributed by atoms with Crippen molar-refractivity contribution < 1.29 is 8.42 Å². The normalized spacial score (nSPS) is 22.3. The van der Waals surface area contributed by atoms with E-state index in [1.54, 1.807) is 6.92 Å². The minimum absolute atomic E-state index is 0.134. The molecule has 90 valence electrons. The number of sulfonamides is 1. The molecule has 0 atom stereocenters. The van der Waals surface area contributed by atoms with Gasteiger partial charge in [-0.25, -0.2) is 13.1 Å².